The third-order valence-corrected chi connectivity index (χ3v) is 7.07. The first-order chi connectivity index (χ1) is 15.8. The lowest BCUT2D eigenvalue weighted by molar-refractivity contribution is -0.142. The number of hydrogen-bond acceptors (Lipinski definition) is 7. The van der Waals surface area contributed by atoms with Gasteiger partial charge in [0.1, 0.15) is 10.6 Å². The molecule has 0 unspecified atom stereocenters. The molecule has 0 bridgehead atoms. The SMILES string of the molecule is COc1ccccc1/C=C/C(=O)OCC(=O)Nc1ccc(Cl)c(S(=O)(=O)N2CCOCC2)c1. The average Bonchev–Trinajstić information content (AvgIpc) is 2.83. The highest BCUT2D eigenvalue weighted by Gasteiger charge is 2.28. The monoisotopic (exact) mass is 494 g/mol. The molecule has 0 aromatic heterocycles. The zero-order chi connectivity index (χ0) is 23.8. The normalized spacial score (nSPS) is 14.7. The van der Waals surface area contributed by atoms with Crippen molar-refractivity contribution in [2.45, 2.75) is 4.90 Å². The van der Waals surface area contributed by atoms with Crippen LogP contribution in [0.2, 0.25) is 5.02 Å². The first-order valence-corrected chi connectivity index (χ1v) is 11.8. The van der Waals surface area contributed by atoms with Gasteiger partial charge in [-0.15, -0.1) is 0 Å². The topological polar surface area (TPSA) is 111 Å². The van der Waals surface area contributed by atoms with Crippen LogP contribution in [0.15, 0.2) is 53.4 Å². The van der Waals surface area contributed by atoms with Crippen LogP contribution in [-0.2, 0) is 29.1 Å². The minimum Gasteiger partial charge on any atom is -0.496 e. The van der Waals surface area contributed by atoms with Gasteiger partial charge in [-0.3, -0.25) is 4.79 Å². The van der Waals surface area contributed by atoms with Gasteiger partial charge < -0.3 is 19.5 Å². The van der Waals surface area contributed by atoms with Gasteiger partial charge in [0.2, 0.25) is 10.0 Å². The lowest BCUT2D eigenvalue weighted by Crippen LogP contribution is -2.40. The van der Waals surface area contributed by atoms with Crippen molar-refractivity contribution in [3.05, 3.63) is 59.1 Å². The van der Waals surface area contributed by atoms with Crippen molar-refractivity contribution in [3.63, 3.8) is 0 Å². The molecule has 0 saturated carbocycles. The molecule has 1 heterocycles. The summed E-state index contributed by atoms with van der Waals surface area (Å²) in [6.07, 6.45) is 2.70. The quantitative estimate of drug-likeness (QED) is 0.443. The lowest BCUT2D eigenvalue weighted by Gasteiger charge is -2.26. The number of amides is 1. The summed E-state index contributed by atoms with van der Waals surface area (Å²) in [5, 5.41) is 2.54. The van der Waals surface area contributed by atoms with Gasteiger partial charge in [-0.05, 0) is 30.3 Å². The summed E-state index contributed by atoms with van der Waals surface area (Å²) < 4.78 is 42.4. The summed E-state index contributed by atoms with van der Waals surface area (Å²) in [5.41, 5.74) is 0.883. The average molecular weight is 495 g/mol. The van der Waals surface area contributed by atoms with E-state index in [9.17, 15) is 18.0 Å². The maximum atomic E-state index is 12.9. The number of para-hydroxylation sites is 1. The van der Waals surface area contributed by atoms with Crippen molar-refractivity contribution in [2.24, 2.45) is 0 Å². The highest BCUT2D eigenvalue weighted by atomic mass is 35.5. The summed E-state index contributed by atoms with van der Waals surface area (Å²) >= 11 is 6.11. The Morgan fingerprint density at radius 3 is 2.64 bits per heavy atom. The number of carbonyl (C=O) groups excluding carboxylic acids is 2. The second-order valence-electron chi connectivity index (χ2n) is 6.89. The predicted molar refractivity (Wildman–Crippen MR) is 123 cm³/mol. The molecule has 1 N–H and O–H groups in total. The molecule has 0 atom stereocenters. The van der Waals surface area contributed by atoms with Crippen LogP contribution in [0.25, 0.3) is 6.08 Å². The van der Waals surface area contributed by atoms with Crippen molar-refractivity contribution >= 4 is 45.3 Å². The van der Waals surface area contributed by atoms with Gasteiger partial charge in [0, 0.05) is 30.4 Å². The number of esters is 1. The molecule has 0 spiro atoms. The molecule has 2 aromatic carbocycles. The summed E-state index contributed by atoms with van der Waals surface area (Å²) in [6, 6.07) is 11.2. The van der Waals surface area contributed by atoms with Crippen LogP contribution >= 0.6 is 11.6 Å². The Balaban J connectivity index is 1.60. The maximum Gasteiger partial charge on any atom is 0.331 e. The van der Waals surface area contributed by atoms with Crippen LogP contribution in [0.4, 0.5) is 5.69 Å². The van der Waals surface area contributed by atoms with E-state index in [0.29, 0.717) is 24.5 Å². The molecule has 1 amide bonds. The van der Waals surface area contributed by atoms with E-state index in [4.69, 9.17) is 25.8 Å². The molecule has 1 aliphatic heterocycles. The summed E-state index contributed by atoms with van der Waals surface area (Å²) in [6.45, 7) is 0.471. The molecule has 3 rings (SSSR count). The number of sulfonamides is 1. The molecule has 9 nitrogen and oxygen atoms in total. The number of morpholine rings is 1. The number of methoxy groups -OCH3 is 1. The van der Waals surface area contributed by atoms with Crippen molar-refractivity contribution < 1.29 is 32.2 Å². The lowest BCUT2D eigenvalue weighted by atomic mass is 10.2. The van der Waals surface area contributed by atoms with Crippen molar-refractivity contribution in [1.82, 2.24) is 4.31 Å². The molecular formula is C22H23ClN2O7S. The van der Waals surface area contributed by atoms with Crippen LogP contribution < -0.4 is 10.1 Å². The first-order valence-electron chi connectivity index (χ1n) is 9.96. The smallest absolute Gasteiger partial charge is 0.331 e. The standard InChI is InChI=1S/C22H23ClN2O7S/c1-30-19-5-3-2-4-16(19)6-9-22(27)32-15-21(26)24-17-7-8-18(23)20(14-17)33(28,29)25-10-12-31-13-11-25/h2-9,14H,10-13,15H2,1H3,(H,24,26)/b9-6+. The number of anilines is 1. The fraction of sp³-hybridized carbons (Fsp3) is 0.273. The summed E-state index contributed by atoms with van der Waals surface area (Å²) in [5.74, 6) is -0.765. The number of rotatable bonds is 8. The van der Waals surface area contributed by atoms with Crippen molar-refractivity contribution in [3.8, 4) is 5.75 Å². The fourth-order valence-electron chi connectivity index (χ4n) is 3.05. The van der Waals surface area contributed by atoms with Crippen LogP contribution in [0.1, 0.15) is 5.56 Å². The minimum absolute atomic E-state index is 0.0346. The van der Waals surface area contributed by atoms with E-state index in [2.05, 4.69) is 5.32 Å². The van der Waals surface area contributed by atoms with E-state index in [1.807, 2.05) is 0 Å². The first kappa shape index (κ1) is 24.7. The maximum absolute atomic E-state index is 12.9. The second kappa shape index (κ2) is 11.3. The molecule has 2 aromatic rings. The van der Waals surface area contributed by atoms with Crippen molar-refractivity contribution in [1.29, 1.82) is 0 Å². The molecule has 176 valence electrons. The van der Waals surface area contributed by atoms with Gasteiger partial charge >= 0.3 is 5.97 Å². The van der Waals surface area contributed by atoms with Crippen LogP contribution in [0.5, 0.6) is 5.75 Å². The minimum atomic E-state index is -3.85. The van der Waals surface area contributed by atoms with E-state index in [0.717, 1.165) is 0 Å². The Kier molecular flexibility index (Phi) is 8.45. The summed E-state index contributed by atoms with van der Waals surface area (Å²) in [4.78, 5) is 24.0. The molecular weight excluding hydrogens is 472 g/mol. The second-order valence-corrected chi connectivity index (χ2v) is 9.21. The zero-order valence-electron chi connectivity index (χ0n) is 17.8. The number of halogens is 1. The number of benzene rings is 2. The third kappa shape index (κ3) is 6.55. The van der Waals surface area contributed by atoms with E-state index in [1.165, 1.54) is 41.8 Å². The number of nitrogens with one attached hydrogen (secondary N) is 1. The van der Waals surface area contributed by atoms with E-state index < -0.39 is 28.5 Å². The van der Waals surface area contributed by atoms with Gasteiger partial charge in [0.15, 0.2) is 6.61 Å². The number of ether oxygens (including phenoxy) is 3. The van der Waals surface area contributed by atoms with Crippen molar-refractivity contribution in [2.75, 3.05) is 45.3 Å². The Bertz CT molecular complexity index is 1150. The highest BCUT2D eigenvalue weighted by Crippen LogP contribution is 2.28. The van der Waals surface area contributed by atoms with Crippen LogP contribution in [0, 0.1) is 0 Å². The zero-order valence-corrected chi connectivity index (χ0v) is 19.4. The Hall–Kier alpha value is -2.92. The molecule has 11 heteroatoms. The van der Waals surface area contributed by atoms with E-state index in [-0.39, 0.29) is 28.7 Å². The molecule has 33 heavy (non-hydrogen) atoms. The summed E-state index contributed by atoms with van der Waals surface area (Å²) in [7, 11) is -2.33. The van der Waals surface area contributed by atoms with E-state index >= 15 is 0 Å². The number of hydrogen-bond donors (Lipinski definition) is 1. The fourth-order valence-corrected chi connectivity index (χ4v) is 4.96. The largest absolute Gasteiger partial charge is 0.496 e. The Labute approximate surface area is 196 Å². The Morgan fingerprint density at radius 2 is 1.91 bits per heavy atom. The van der Waals surface area contributed by atoms with E-state index in [1.54, 1.807) is 24.3 Å². The number of nitrogens with zero attached hydrogens (tertiary/aromatic N) is 1. The molecule has 1 saturated heterocycles. The van der Waals surface area contributed by atoms with Crippen LogP contribution in [0.3, 0.4) is 0 Å². The number of carbonyl (C=O) groups is 2. The molecule has 1 fully saturated rings. The molecule has 0 radical (unpaired) electrons. The van der Waals surface area contributed by atoms with Gasteiger partial charge in [-0.25, -0.2) is 13.2 Å². The van der Waals surface area contributed by atoms with Gasteiger partial charge in [-0.2, -0.15) is 4.31 Å². The van der Waals surface area contributed by atoms with Gasteiger partial charge in [0.05, 0.1) is 25.3 Å². The third-order valence-electron chi connectivity index (χ3n) is 4.69. The van der Waals surface area contributed by atoms with Gasteiger partial charge in [0.25, 0.3) is 5.91 Å². The van der Waals surface area contributed by atoms with Gasteiger partial charge in [-0.1, -0.05) is 29.8 Å². The van der Waals surface area contributed by atoms with Crippen LogP contribution in [-0.4, -0.2) is 64.6 Å². The molecule has 1 aliphatic rings. The highest BCUT2D eigenvalue weighted by molar-refractivity contribution is 7.89. The Morgan fingerprint density at radius 1 is 1.18 bits per heavy atom. The molecule has 0 aliphatic carbocycles. The predicted octanol–water partition coefficient (Wildman–Crippen LogP) is 2.56.